The van der Waals surface area contributed by atoms with Crippen LogP contribution in [0.3, 0.4) is 0 Å². The molecule has 0 atom stereocenters. The van der Waals surface area contributed by atoms with E-state index in [1.165, 1.54) is 22.8 Å². The first-order valence-corrected chi connectivity index (χ1v) is 13.2. The molecule has 0 fully saturated rings. The van der Waals surface area contributed by atoms with Crippen molar-refractivity contribution in [3.8, 4) is 11.3 Å². The number of aromatic nitrogens is 1. The van der Waals surface area contributed by atoms with Crippen LogP contribution >= 0.6 is 11.3 Å². The summed E-state index contributed by atoms with van der Waals surface area (Å²) in [6.45, 7) is 5.17. The zero-order valence-corrected chi connectivity index (χ0v) is 21.6. The quantitative estimate of drug-likeness (QED) is 0.232. The Balaban J connectivity index is 1.43. The molecule has 0 aliphatic heterocycles. The molecule has 1 aromatic heterocycles. The first-order chi connectivity index (χ1) is 18.0. The molecule has 0 radical (unpaired) electrons. The summed E-state index contributed by atoms with van der Waals surface area (Å²) in [6, 6.07) is 28.7. The fraction of sp³-hybridized carbons (Fsp3) is 0.161. The van der Waals surface area contributed by atoms with Crippen LogP contribution < -0.4 is 10.2 Å². The van der Waals surface area contributed by atoms with Crippen molar-refractivity contribution < 1.29 is 9.18 Å². The summed E-state index contributed by atoms with van der Waals surface area (Å²) < 4.78 is 14.9. The molecule has 0 saturated carbocycles. The third-order valence-corrected chi connectivity index (χ3v) is 7.00. The molecule has 186 valence electrons. The molecule has 1 N–H and O–H groups in total. The lowest BCUT2D eigenvalue weighted by molar-refractivity contribution is 0.0949. The minimum absolute atomic E-state index is 0.0915. The second-order valence-corrected chi connectivity index (χ2v) is 10.3. The molecule has 1 amide bonds. The fourth-order valence-corrected chi connectivity index (χ4v) is 4.99. The van der Waals surface area contributed by atoms with Crippen LogP contribution in [0.15, 0.2) is 96.4 Å². The SMILES string of the molecule is CC(C)CNC(=O)c1ccc(CN(c2nc(-c3ccc4ccccc4c3)cs2)c2ccccc2F)cc1. The molecule has 0 spiro atoms. The minimum atomic E-state index is -0.311. The number of nitrogens with one attached hydrogen (secondary N) is 1. The lowest BCUT2D eigenvalue weighted by Gasteiger charge is -2.23. The third kappa shape index (κ3) is 5.70. The van der Waals surface area contributed by atoms with E-state index in [1.54, 1.807) is 12.1 Å². The van der Waals surface area contributed by atoms with E-state index in [2.05, 4.69) is 49.5 Å². The highest BCUT2D eigenvalue weighted by atomic mass is 32.1. The summed E-state index contributed by atoms with van der Waals surface area (Å²) in [5, 5.41) is 7.98. The van der Waals surface area contributed by atoms with Crippen LogP contribution in [-0.4, -0.2) is 17.4 Å². The lowest BCUT2D eigenvalue weighted by Crippen LogP contribution is -2.27. The molecular weight excluding hydrogens is 481 g/mol. The minimum Gasteiger partial charge on any atom is -0.352 e. The molecule has 0 bridgehead atoms. The molecule has 5 rings (SSSR count). The summed E-state index contributed by atoms with van der Waals surface area (Å²) in [6.07, 6.45) is 0. The van der Waals surface area contributed by atoms with Gasteiger partial charge < -0.3 is 10.2 Å². The average molecular weight is 510 g/mol. The van der Waals surface area contributed by atoms with Gasteiger partial charge in [-0.15, -0.1) is 11.3 Å². The molecule has 1 heterocycles. The number of amides is 1. The number of fused-ring (bicyclic) bond motifs is 1. The first kappa shape index (κ1) is 24.7. The van der Waals surface area contributed by atoms with E-state index < -0.39 is 0 Å². The van der Waals surface area contributed by atoms with E-state index in [1.807, 2.05) is 52.7 Å². The summed E-state index contributed by atoms with van der Waals surface area (Å²) in [4.78, 5) is 19.2. The number of thiazole rings is 1. The average Bonchev–Trinajstić information content (AvgIpc) is 3.41. The Bertz CT molecular complexity index is 1530. The molecule has 0 aliphatic carbocycles. The molecule has 4 aromatic carbocycles. The van der Waals surface area contributed by atoms with Gasteiger partial charge in [0.25, 0.3) is 5.91 Å². The zero-order valence-electron chi connectivity index (χ0n) is 20.8. The molecule has 6 heteroatoms. The van der Waals surface area contributed by atoms with Gasteiger partial charge in [0, 0.05) is 23.1 Å². The standard InChI is InChI=1S/C31H28FN3OS/c1-21(2)18-33-30(36)24-13-11-22(12-14-24)19-35(29-10-6-5-9-27(29)32)31-34-28(20-37-31)26-16-15-23-7-3-4-8-25(23)17-26/h3-17,20-21H,18-19H2,1-2H3,(H,33,36). The zero-order chi connectivity index (χ0) is 25.8. The summed E-state index contributed by atoms with van der Waals surface area (Å²) in [7, 11) is 0. The van der Waals surface area contributed by atoms with Gasteiger partial charge >= 0.3 is 0 Å². The Kier molecular flexibility index (Phi) is 7.28. The number of hydrogen-bond acceptors (Lipinski definition) is 4. The third-order valence-electron chi connectivity index (χ3n) is 6.14. The van der Waals surface area contributed by atoms with Gasteiger partial charge in [0.15, 0.2) is 5.13 Å². The summed E-state index contributed by atoms with van der Waals surface area (Å²) in [5.74, 6) is -0.0175. The number of para-hydroxylation sites is 1. The second kappa shape index (κ2) is 10.9. The smallest absolute Gasteiger partial charge is 0.251 e. The molecule has 4 nitrogen and oxygen atoms in total. The number of rotatable bonds is 8. The highest BCUT2D eigenvalue weighted by molar-refractivity contribution is 7.14. The predicted octanol–water partition coefficient (Wildman–Crippen LogP) is 7.83. The van der Waals surface area contributed by atoms with Crippen LogP contribution in [-0.2, 0) is 6.54 Å². The van der Waals surface area contributed by atoms with Crippen LogP contribution in [0.1, 0.15) is 29.8 Å². The van der Waals surface area contributed by atoms with Crippen LogP contribution in [0.5, 0.6) is 0 Å². The Morgan fingerprint density at radius 1 is 0.946 bits per heavy atom. The van der Waals surface area contributed by atoms with E-state index in [0.717, 1.165) is 22.2 Å². The van der Waals surface area contributed by atoms with Crippen molar-refractivity contribution in [1.29, 1.82) is 0 Å². The molecule has 37 heavy (non-hydrogen) atoms. The Labute approximate surface area is 220 Å². The van der Waals surface area contributed by atoms with Crippen molar-refractivity contribution in [2.75, 3.05) is 11.4 Å². The van der Waals surface area contributed by atoms with Crippen molar-refractivity contribution in [3.05, 3.63) is 113 Å². The van der Waals surface area contributed by atoms with E-state index >= 15 is 0 Å². The highest BCUT2D eigenvalue weighted by Crippen LogP contribution is 2.35. The number of nitrogens with zero attached hydrogens (tertiary/aromatic N) is 2. The highest BCUT2D eigenvalue weighted by Gasteiger charge is 2.18. The second-order valence-electron chi connectivity index (χ2n) is 9.42. The van der Waals surface area contributed by atoms with Crippen molar-refractivity contribution in [2.24, 2.45) is 5.92 Å². The predicted molar refractivity (Wildman–Crippen MR) is 151 cm³/mol. The van der Waals surface area contributed by atoms with Gasteiger partial charge in [-0.1, -0.05) is 74.5 Å². The number of benzene rings is 4. The monoisotopic (exact) mass is 509 g/mol. The van der Waals surface area contributed by atoms with Crippen LogP contribution in [0.25, 0.3) is 22.0 Å². The number of halogens is 1. The maximum absolute atomic E-state index is 14.9. The summed E-state index contributed by atoms with van der Waals surface area (Å²) >= 11 is 1.48. The fourth-order valence-electron chi connectivity index (χ4n) is 4.14. The summed E-state index contributed by atoms with van der Waals surface area (Å²) in [5.41, 5.74) is 3.89. The van der Waals surface area contributed by atoms with Crippen LogP contribution in [0.4, 0.5) is 15.2 Å². The van der Waals surface area contributed by atoms with Crippen molar-refractivity contribution in [2.45, 2.75) is 20.4 Å². The van der Waals surface area contributed by atoms with Gasteiger partial charge in [0.2, 0.25) is 0 Å². The number of hydrogen-bond donors (Lipinski definition) is 1. The molecular formula is C31H28FN3OS. The number of anilines is 2. The van der Waals surface area contributed by atoms with Gasteiger partial charge in [-0.25, -0.2) is 9.37 Å². The maximum Gasteiger partial charge on any atom is 0.251 e. The Hall–Kier alpha value is -4.03. The Morgan fingerprint density at radius 3 is 2.43 bits per heavy atom. The van der Waals surface area contributed by atoms with E-state index in [0.29, 0.717) is 35.4 Å². The van der Waals surface area contributed by atoms with E-state index in [9.17, 15) is 9.18 Å². The maximum atomic E-state index is 14.9. The van der Waals surface area contributed by atoms with Gasteiger partial charge in [-0.05, 0) is 52.6 Å². The van der Waals surface area contributed by atoms with Crippen LogP contribution in [0.2, 0.25) is 0 Å². The number of carbonyl (C=O) groups is 1. The van der Waals surface area contributed by atoms with Gasteiger partial charge in [0.05, 0.1) is 17.9 Å². The van der Waals surface area contributed by atoms with Crippen molar-refractivity contribution in [3.63, 3.8) is 0 Å². The van der Waals surface area contributed by atoms with Gasteiger partial charge in [-0.2, -0.15) is 0 Å². The van der Waals surface area contributed by atoms with Crippen LogP contribution in [0, 0.1) is 11.7 Å². The number of carbonyl (C=O) groups excluding carboxylic acids is 1. The first-order valence-electron chi connectivity index (χ1n) is 12.3. The van der Waals surface area contributed by atoms with Gasteiger partial charge in [0.1, 0.15) is 5.82 Å². The lowest BCUT2D eigenvalue weighted by atomic mass is 10.1. The normalized spacial score (nSPS) is 11.1. The van der Waals surface area contributed by atoms with Crippen molar-refractivity contribution in [1.82, 2.24) is 10.3 Å². The molecule has 5 aromatic rings. The molecule has 0 aliphatic rings. The largest absolute Gasteiger partial charge is 0.352 e. The molecule has 0 unspecified atom stereocenters. The topological polar surface area (TPSA) is 45.2 Å². The van der Waals surface area contributed by atoms with E-state index in [-0.39, 0.29) is 11.7 Å². The Morgan fingerprint density at radius 2 is 1.68 bits per heavy atom. The molecule has 0 saturated heterocycles. The van der Waals surface area contributed by atoms with Gasteiger partial charge in [-0.3, -0.25) is 4.79 Å². The van der Waals surface area contributed by atoms with E-state index in [4.69, 9.17) is 4.98 Å². The van der Waals surface area contributed by atoms with Crippen molar-refractivity contribution >= 4 is 38.8 Å².